The van der Waals surface area contributed by atoms with Crippen LogP contribution in [-0.2, 0) is 0 Å². The predicted molar refractivity (Wildman–Crippen MR) is 39.1 cm³/mol. The molecule has 2 rings (SSSR count). The monoisotopic (exact) mass is 116 g/mol. The van der Waals surface area contributed by atoms with Crippen molar-refractivity contribution in [2.24, 2.45) is 0 Å². The van der Waals surface area contributed by atoms with Crippen molar-refractivity contribution in [2.75, 3.05) is 0 Å². The molecule has 2 aliphatic rings. The zero-order valence-corrected chi connectivity index (χ0v) is 5.17. The third kappa shape index (κ3) is 0.672. The van der Waals surface area contributed by atoms with Crippen molar-refractivity contribution in [2.45, 2.75) is 6.42 Å². The second-order valence-electron chi connectivity index (χ2n) is 2.28. The fraction of sp³-hybridized carbons (Fsp3) is 0.111. The van der Waals surface area contributed by atoms with Crippen molar-refractivity contribution in [1.29, 1.82) is 0 Å². The Labute approximate surface area is 54.9 Å². The molecule has 0 nitrogen and oxygen atoms in total. The highest BCUT2D eigenvalue weighted by Crippen LogP contribution is 2.23. The SMILES string of the molecule is C1=CC(C2=CCC=C2)=C1. The third-order valence-corrected chi connectivity index (χ3v) is 1.66. The first-order valence-electron chi connectivity index (χ1n) is 3.22. The van der Waals surface area contributed by atoms with E-state index in [0.717, 1.165) is 6.42 Å². The molecule has 0 amide bonds. The second kappa shape index (κ2) is 1.73. The Morgan fingerprint density at radius 1 is 1.11 bits per heavy atom. The first-order valence-corrected chi connectivity index (χ1v) is 3.22. The molecule has 0 radical (unpaired) electrons. The van der Waals surface area contributed by atoms with E-state index in [2.05, 4.69) is 36.5 Å². The minimum Gasteiger partial charge on any atom is -0.0801 e. The van der Waals surface area contributed by atoms with Crippen molar-refractivity contribution in [3.63, 3.8) is 0 Å². The quantitative estimate of drug-likeness (QED) is 0.493. The number of hydrogen-bond acceptors (Lipinski definition) is 0. The lowest BCUT2D eigenvalue weighted by Crippen LogP contribution is -1.85. The van der Waals surface area contributed by atoms with Gasteiger partial charge in [0.15, 0.2) is 0 Å². The molecule has 0 saturated heterocycles. The smallest absolute Gasteiger partial charge is 0.0157 e. The van der Waals surface area contributed by atoms with E-state index in [9.17, 15) is 0 Å². The molecule has 0 aromatic heterocycles. The number of rotatable bonds is 1. The van der Waals surface area contributed by atoms with E-state index in [-0.39, 0.29) is 0 Å². The van der Waals surface area contributed by atoms with Crippen LogP contribution >= 0.6 is 0 Å². The zero-order valence-electron chi connectivity index (χ0n) is 5.17. The highest BCUT2D eigenvalue weighted by Gasteiger charge is 2.03. The van der Waals surface area contributed by atoms with Crippen molar-refractivity contribution in [1.82, 2.24) is 0 Å². The lowest BCUT2D eigenvalue weighted by atomic mass is 10.0. The first kappa shape index (κ1) is 4.80. The molecule has 0 heteroatoms. The van der Waals surface area contributed by atoms with E-state index in [1.54, 1.807) is 0 Å². The van der Waals surface area contributed by atoms with Crippen LogP contribution < -0.4 is 0 Å². The fourth-order valence-corrected chi connectivity index (χ4v) is 1.06. The average molecular weight is 116 g/mol. The van der Waals surface area contributed by atoms with Gasteiger partial charge in [-0.1, -0.05) is 36.5 Å². The molecule has 0 saturated carbocycles. The van der Waals surface area contributed by atoms with E-state index in [1.165, 1.54) is 11.1 Å². The molecule has 0 fully saturated rings. The Kier molecular flexibility index (Phi) is 0.922. The van der Waals surface area contributed by atoms with Crippen LogP contribution in [0.2, 0.25) is 0 Å². The van der Waals surface area contributed by atoms with Crippen LogP contribution in [0.25, 0.3) is 0 Å². The maximum Gasteiger partial charge on any atom is -0.0157 e. The molecule has 0 spiro atoms. The molecule has 0 aromatic carbocycles. The normalized spacial score (nSPS) is 21.3. The van der Waals surface area contributed by atoms with Crippen molar-refractivity contribution in [3.8, 4) is 0 Å². The summed E-state index contributed by atoms with van der Waals surface area (Å²) in [5.41, 5.74) is 2.77. The molecular formula is C9H8. The lowest BCUT2D eigenvalue weighted by molar-refractivity contribution is 1.42. The summed E-state index contributed by atoms with van der Waals surface area (Å²) in [4.78, 5) is 0. The van der Waals surface area contributed by atoms with Gasteiger partial charge < -0.3 is 0 Å². The minimum atomic E-state index is 1.11. The Morgan fingerprint density at radius 3 is 2.44 bits per heavy atom. The maximum absolute atomic E-state index is 2.25. The Hall–Kier alpha value is -1.04. The van der Waals surface area contributed by atoms with Crippen molar-refractivity contribution in [3.05, 3.63) is 47.6 Å². The van der Waals surface area contributed by atoms with E-state index in [1.807, 2.05) is 0 Å². The molecule has 9 heavy (non-hydrogen) atoms. The van der Waals surface area contributed by atoms with E-state index < -0.39 is 0 Å². The summed E-state index contributed by atoms with van der Waals surface area (Å²) >= 11 is 0. The van der Waals surface area contributed by atoms with Crippen LogP contribution in [0, 0.1) is 0 Å². The Bertz CT molecular complexity index is 237. The molecule has 0 aliphatic heterocycles. The minimum absolute atomic E-state index is 1.11. The summed E-state index contributed by atoms with van der Waals surface area (Å²) < 4.78 is 0. The largest absolute Gasteiger partial charge is 0.0801 e. The number of allylic oxidation sites excluding steroid dienone is 8. The van der Waals surface area contributed by atoms with Gasteiger partial charge in [-0.3, -0.25) is 0 Å². The zero-order chi connectivity index (χ0) is 6.10. The first-order chi connectivity index (χ1) is 4.47. The van der Waals surface area contributed by atoms with Gasteiger partial charge in [-0.05, 0) is 17.6 Å². The average Bonchev–Trinajstić information content (AvgIpc) is 2.11. The lowest BCUT2D eigenvalue weighted by Gasteiger charge is -2.04. The standard InChI is InChI=1S/C9H8/c1-2-5-8(4-1)9-6-3-7-9/h1,3-7H,2H2. The van der Waals surface area contributed by atoms with Crippen LogP contribution in [-0.4, -0.2) is 0 Å². The van der Waals surface area contributed by atoms with Crippen LogP contribution in [0.15, 0.2) is 47.6 Å². The van der Waals surface area contributed by atoms with E-state index in [4.69, 9.17) is 0 Å². The molecule has 0 atom stereocenters. The summed E-state index contributed by atoms with van der Waals surface area (Å²) in [5.74, 6) is 0. The van der Waals surface area contributed by atoms with E-state index >= 15 is 0 Å². The molecule has 0 unspecified atom stereocenters. The predicted octanol–water partition coefficient (Wildman–Crippen LogP) is 2.37. The molecule has 2 aliphatic carbocycles. The van der Waals surface area contributed by atoms with Gasteiger partial charge in [0.05, 0.1) is 0 Å². The van der Waals surface area contributed by atoms with Crippen molar-refractivity contribution >= 4 is 0 Å². The highest BCUT2D eigenvalue weighted by atomic mass is 14.1. The van der Waals surface area contributed by atoms with Gasteiger partial charge in [0.2, 0.25) is 0 Å². The van der Waals surface area contributed by atoms with Gasteiger partial charge >= 0.3 is 0 Å². The highest BCUT2D eigenvalue weighted by molar-refractivity contribution is 5.55. The van der Waals surface area contributed by atoms with Gasteiger partial charge in [-0.25, -0.2) is 0 Å². The summed E-state index contributed by atoms with van der Waals surface area (Å²) in [6.45, 7) is 0. The van der Waals surface area contributed by atoms with E-state index in [0.29, 0.717) is 0 Å². The summed E-state index contributed by atoms with van der Waals surface area (Å²) in [6.07, 6.45) is 14.1. The maximum atomic E-state index is 2.25. The Morgan fingerprint density at radius 2 is 2.00 bits per heavy atom. The fourth-order valence-electron chi connectivity index (χ4n) is 1.06. The molecular weight excluding hydrogens is 108 g/mol. The molecule has 44 valence electrons. The number of hydrogen-bond donors (Lipinski definition) is 0. The van der Waals surface area contributed by atoms with Crippen LogP contribution in [0.3, 0.4) is 0 Å². The molecule has 0 bridgehead atoms. The Balaban J connectivity index is 2.22. The summed E-state index contributed by atoms with van der Waals surface area (Å²) in [6, 6.07) is 0. The molecule has 0 N–H and O–H groups in total. The molecule has 0 aromatic rings. The topological polar surface area (TPSA) is 0 Å². The molecule has 0 heterocycles. The van der Waals surface area contributed by atoms with Gasteiger partial charge in [0.1, 0.15) is 0 Å². The van der Waals surface area contributed by atoms with Crippen molar-refractivity contribution < 1.29 is 0 Å². The van der Waals surface area contributed by atoms with Crippen LogP contribution in [0.5, 0.6) is 0 Å². The third-order valence-electron chi connectivity index (χ3n) is 1.66. The van der Waals surface area contributed by atoms with Gasteiger partial charge in [-0.15, -0.1) is 0 Å². The van der Waals surface area contributed by atoms with Gasteiger partial charge in [0.25, 0.3) is 0 Å². The van der Waals surface area contributed by atoms with Crippen LogP contribution in [0.1, 0.15) is 6.42 Å². The van der Waals surface area contributed by atoms with Gasteiger partial charge in [-0.2, -0.15) is 0 Å². The van der Waals surface area contributed by atoms with Gasteiger partial charge in [0, 0.05) is 0 Å². The van der Waals surface area contributed by atoms with Crippen LogP contribution in [0.4, 0.5) is 0 Å². The summed E-state index contributed by atoms with van der Waals surface area (Å²) in [5, 5.41) is 0. The second-order valence-corrected chi connectivity index (χ2v) is 2.28. The summed E-state index contributed by atoms with van der Waals surface area (Å²) in [7, 11) is 0.